The highest BCUT2D eigenvalue weighted by Gasteiger charge is 2.01. The molecule has 0 bridgehead atoms. The van der Waals surface area contributed by atoms with Crippen LogP contribution in [0.25, 0.3) is 10.8 Å². The van der Waals surface area contributed by atoms with Gasteiger partial charge in [-0.05, 0) is 29.3 Å². The van der Waals surface area contributed by atoms with E-state index < -0.39 is 0 Å². The predicted molar refractivity (Wildman–Crippen MR) is 68.9 cm³/mol. The van der Waals surface area contributed by atoms with Crippen molar-refractivity contribution in [1.82, 2.24) is 0 Å². The lowest BCUT2D eigenvalue weighted by atomic mass is 10.1. The highest BCUT2D eigenvalue weighted by Crippen LogP contribution is 2.21. The minimum absolute atomic E-state index is 0.248. The molecule has 1 N–H and O–H groups in total. The Labute approximate surface area is 96.1 Å². The number of hydrogen-bond acceptors (Lipinski definition) is 2. The second-order valence-electron chi connectivity index (χ2n) is 4.03. The normalized spacial score (nSPS) is 10.6. The average molecular weight is 215 g/mol. The lowest BCUT2D eigenvalue weighted by Crippen LogP contribution is -2.19. The molecule has 0 aromatic heterocycles. The number of aliphatic hydroxyl groups excluding tert-OH is 1. The Morgan fingerprint density at radius 3 is 2.56 bits per heavy atom. The number of hydrogen-bond donors (Lipinski definition) is 1. The van der Waals surface area contributed by atoms with Gasteiger partial charge < -0.3 is 10.0 Å². The molecule has 0 atom stereocenters. The van der Waals surface area contributed by atoms with Crippen molar-refractivity contribution in [3.05, 3.63) is 42.5 Å². The van der Waals surface area contributed by atoms with Crippen molar-refractivity contribution < 1.29 is 5.11 Å². The summed E-state index contributed by atoms with van der Waals surface area (Å²) in [4.78, 5) is 2.17. The first kappa shape index (κ1) is 11.0. The van der Waals surface area contributed by atoms with Crippen molar-refractivity contribution in [3.8, 4) is 0 Å². The van der Waals surface area contributed by atoms with E-state index in [1.165, 1.54) is 16.5 Å². The molecular weight excluding hydrogens is 198 g/mol. The molecule has 0 aliphatic heterocycles. The number of nitrogens with zero attached hydrogens (tertiary/aromatic N) is 1. The maximum atomic E-state index is 8.81. The monoisotopic (exact) mass is 215 g/mol. The zero-order chi connectivity index (χ0) is 11.4. The lowest BCUT2D eigenvalue weighted by molar-refractivity contribution is 0.290. The Hall–Kier alpha value is -1.54. The molecule has 2 aromatic carbocycles. The summed E-state index contributed by atoms with van der Waals surface area (Å²) in [6.07, 6.45) is 0.809. The molecule has 0 aliphatic rings. The topological polar surface area (TPSA) is 23.5 Å². The SMILES string of the molecule is CN(CCCO)c1ccc2ccccc2c1. The van der Waals surface area contributed by atoms with Gasteiger partial charge in [-0.1, -0.05) is 30.3 Å². The van der Waals surface area contributed by atoms with Gasteiger partial charge >= 0.3 is 0 Å². The second-order valence-corrected chi connectivity index (χ2v) is 4.03. The van der Waals surface area contributed by atoms with Crippen molar-refractivity contribution in [2.75, 3.05) is 25.1 Å². The van der Waals surface area contributed by atoms with Crippen LogP contribution in [-0.4, -0.2) is 25.3 Å². The maximum absolute atomic E-state index is 8.81. The van der Waals surface area contributed by atoms with Crippen LogP contribution in [0.4, 0.5) is 5.69 Å². The van der Waals surface area contributed by atoms with Crippen molar-refractivity contribution in [2.24, 2.45) is 0 Å². The van der Waals surface area contributed by atoms with Gasteiger partial charge in [0.25, 0.3) is 0 Å². The van der Waals surface area contributed by atoms with Crippen LogP contribution in [0, 0.1) is 0 Å². The lowest BCUT2D eigenvalue weighted by Gasteiger charge is -2.19. The van der Waals surface area contributed by atoms with E-state index in [2.05, 4.69) is 54.4 Å². The Balaban J connectivity index is 2.25. The molecule has 2 nitrogen and oxygen atoms in total. The molecule has 0 spiro atoms. The van der Waals surface area contributed by atoms with Gasteiger partial charge in [-0.25, -0.2) is 0 Å². The molecule has 0 saturated heterocycles. The molecule has 0 fully saturated rings. The minimum atomic E-state index is 0.248. The van der Waals surface area contributed by atoms with Gasteiger partial charge in [0.1, 0.15) is 0 Å². The van der Waals surface area contributed by atoms with Gasteiger partial charge in [0.15, 0.2) is 0 Å². The van der Waals surface area contributed by atoms with E-state index in [-0.39, 0.29) is 6.61 Å². The van der Waals surface area contributed by atoms with Crippen molar-refractivity contribution >= 4 is 16.5 Å². The summed E-state index contributed by atoms with van der Waals surface area (Å²) < 4.78 is 0. The zero-order valence-electron chi connectivity index (χ0n) is 9.56. The van der Waals surface area contributed by atoms with E-state index >= 15 is 0 Å². The van der Waals surface area contributed by atoms with Crippen LogP contribution in [0.5, 0.6) is 0 Å². The highest BCUT2D eigenvalue weighted by molar-refractivity contribution is 5.85. The fraction of sp³-hybridized carbons (Fsp3) is 0.286. The Morgan fingerprint density at radius 1 is 1.06 bits per heavy atom. The molecule has 84 valence electrons. The number of benzene rings is 2. The molecule has 2 heteroatoms. The van der Waals surface area contributed by atoms with Crippen LogP contribution in [-0.2, 0) is 0 Å². The Morgan fingerprint density at radius 2 is 1.81 bits per heavy atom. The second kappa shape index (κ2) is 4.99. The average Bonchev–Trinajstić information content (AvgIpc) is 2.35. The third kappa shape index (κ3) is 2.34. The van der Waals surface area contributed by atoms with E-state index in [0.29, 0.717) is 0 Å². The summed E-state index contributed by atoms with van der Waals surface area (Å²) in [5.74, 6) is 0. The Kier molecular flexibility index (Phi) is 3.42. The fourth-order valence-corrected chi connectivity index (χ4v) is 1.85. The van der Waals surface area contributed by atoms with Crippen LogP contribution in [0.3, 0.4) is 0 Å². The smallest absolute Gasteiger partial charge is 0.0447 e. The summed E-state index contributed by atoms with van der Waals surface area (Å²) in [6.45, 7) is 1.13. The first-order chi connectivity index (χ1) is 7.81. The number of anilines is 1. The van der Waals surface area contributed by atoms with Crippen molar-refractivity contribution in [1.29, 1.82) is 0 Å². The molecule has 0 aliphatic carbocycles. The zero-order valence-corrected chi connectivity index (χ0v) is 9.56. The summed E-state index contributed by atoms with van der Waals surface area (Å²) in [5.41, 5.74) is 1.20. The van der Waals surface area contributed by atoms with Gasteiger partial charge in [0, 0.05) is 25.9 Å². The van der Waals surface area contributed by atoms with E-state index in [0.717, 1.165) is 13.0 Å². The molecule has 2 rings (SSSR count). The van der Waals surface area contributed by atoms with Crippen LogP contribution in [0.1, 0.15) is 6.42 Å². The number of fused-ring (bicyclic) bond motifs is 1. The molecular formula is C14H17NO. The largest absolute Gasteiger partial charge is 0.396 e. The van der Waals surface area contributed by atoms with E-state index in [9.17, 15) is 0 Å². The van der Waals surface area contributed by atoms with E-state index in [1.54, 1.807) is 0 Å². The number of aliphatic hydroxyl groups is 1. The highest BCUT2D eigenvalue weighted by atomic mass is 16.3. The van der Waals surface area contributed by atoms with Gasteiger partial charge in [0.2, 0.25) is 0 Å². The quantitative estimate of drug-likeness (QED) is 0.847. The molecule has 0 saturated carbocycles. The minimum Gasteiger partial charge on any atom is -0.396 e. The van der Waals surface area contributed by atoms with Gasteiger partial charge in [-0.15, -0.1) is 0 Å². The first-order valence-electron chi connectivity index (χ1n) is 5.62. The van der Waals surface area contributed by atoms with Crippen LogP contribution in [0.2, 0.25) is 0 Å². The third-order valence-corrected chi connectivity index (χ3v) is 2.83. The summed E-state index contributed by atoms with van der Waals surface area (Å²) in [7, 11) is 2.06. The first-order valence-corrected chi connectivity index (χ1v) is 5.62. The van der Waals surface area contributed by atoms with E-state index in [1.807, 2.05) is 0 Å². The van der Waals surface area contributed by atoms with Crippen LogP contribution >= 0.6 is 0 Å². The molecule has 0 unspecified atom stereocenters. The standard InChI is InChI=1S/C14H17NO/c1-15(9-4-10-16)14-8-7-12-5-2-3-6-13(12)11-14/h2-3,5-8,11,16H,4,9-10H2,1H3. The predicted octanol–water partition coefficient (Wildman–Crippen LogP) is 2.66. The third-order valence-electron chi connectivity index (χ3n) is 2.83. The maximum Gasteiger partial charge on any atom is 0.0447 e. The van der Waals surface area contributed by atoms with Gasteiger partial charge in [-0.3, -0.25) is 0 Å². The summed E-state index contributed by atoms with van der Waals surface area (Å²) in [5, 5.41) is 11.3. The number of rotatable bonds is 4. The van der Waals surface area contributed by atoms with Gasteiger partial charge in [0.05, 0.1) is 0 Å². The molecule has 0 amide bonds. The van der Waals surface area contributed by atoms with Crippen LogP contribution in [0.15, 0.2) is 42.5 Å². The summed E-state index contributed by atoms with van der Waals surface area (Å²) >= 11 is 0. The fourth-order valence-electron chi connectivity index (χ4n) is 1.85. The Bertz CT molecular complexity index is 467. The van der Waals surface area contributed by atoms with Gasteiger partial charge in [-0.2, -0.15) is 0 Å². The van der Waals surface area contributed by atoms with E-state index in [4.69, 9.17) is 5.11 Å². The summed E-state index contributed by atoms with van der Waals surface area (Å²) in [6, 6.07) is 14.8. The van der Waals surface area contributed by atoms with Crippen molar-refractivity contribution in [2.45, 2.75) is 6.42 Å². The molecule has 0 heterocycles. The molecule has 0 radical (unpaired) electrons. The molecule has 2 aromatic rings. The van der Waals surface area contributed by atoms with Crippen LogP contribution < -0.4 is 4.90 Å². The van der Waals surface area contributed by atoms with Crippen molar-refractivity contribution in [3.63, 3.8) is 0 Å². The molecule has 16 heavy (non-hydrogen) atoms.